The molecule has 2 nitrogen and oxygen atoms in total. The quantitative estimate of drug-likeness (QED) is 0.671. The minimum atomic E-state index is -1.04. The monoisotopic (exact) mass is 308 g/mol. The largest absolute Gasteiger partial charge is 0.390 e. The normalized spacial score (nSPS) is 57.6. The van der Waals surface area contributed by atoms with E-state index in [1.165, 1.54) is 5.57 Å². The summed E-state index contributed by atoms with van der Waals surface area (Å²) in [6.07, 6.45) is 6.72. The Morgan fingerprint density at radius 3 is 2.64 bits per heavy atom. The molecule has 0 aromatic carbocycles. The maximum atomic E-state index is 14.2. The first-order chi connectivity index (χ1) is 10.4. The summed E-state index contributed by atoms with van der Waals surface area (Å²) in [6.45, 7) is 4.50. The van der Waals surface area contributed by atoms with Crippen LogP contribution in [0.25, 0.3) is 0 Å². The zero-order chi connectivity index (χ0) is 15.7. The van der Waals surface area contributed by atoms with Gasteiger partial charge in [0.05, 0.1) is 12.2 Å². The van der Waals surface area contributed by atoms with Crippen molar-refractivity contribution in [3.63, 3.8) is 0 Å². The highest BCUT2D eigenvalue weighted by molar-refractivity contribution is 5.25. The first-order valence-electron chi connectivity index (χ1n) is 9.07. The Labute approximate surface area is 132 Å². The third-order valence-electron chi connectivity index (χ3n) is 8.02. The van der Waals surface area contributed by atoms with E-state index in [1.54, 1.807) is 0 Å². The van der Waals surface area contributed by atoms with Crippen LogP contribution in [-0.2, 0) is 0 Å². The van der Waals surface area contributed by atoms with E-state index >= 15 is 0 Å². The van der Waals surface area contributed by atoms with E-state index in [0.29, 0.717) is 24.2 Å². The molecule has 3 saturated carbocycles. The molecule has 3 heteroatoms. The molecule has 0 unspecified atom stereocenters. The van der Waals surface area contributed by atoms with Crippen LogP contribution in [0.4, 0.5) is 4.39 Å². The summed E-state index contributed by atoms with van der Waals surface area (Å²) in [6, 6.07) is 0. The summed E-state index contributed by atoms with van der Waals surface area (Å²) in [5.74, 6) is 1.49. The molecule has 3 fully saturated rings. The molecule has 8 atom stereocenters. The minimum Gasteiger partial charge on any atom is -0.390 e. The Hall–Kier alpha value is -0.410. The van der Waals surface area contributed by atoms with E-state index < -0.39 is 12.3 Å². The number of rotatable bonds is 0. The van der Waals surface area contributed by atoms with Crippen molar-refractivity contribution in [3.8, 4) is 0 Å². The van der Waals surface area contributed by atoms with Crippen molar-refractivity contribution in [3.05, 3.63) is 11.6 Å². The molecule has 0 aromatic heterocycles. The molecular weight excluding hydrogens is 279 g/mol. The highest BCUT2D eigenvalue weighted by Crippen LogP contribution is 2.65. The van der Waals surface area contributed by atoms with E-state index in [4.69, 9.17) is 0 Å². The lowest BCUT2D eigenvalue weighted by Crippen LogP contribution is -2.51. The van der Waals surface area contributed by atoms with Gasteiger partial charge in [0.2, 0.25) is 0 Å². The molecule has 124 valence electrons. The van der Waals surface area contributed by atoms with Crippen LogP contribution < -0.4 is 0 Å². The number of alkyl halides is 1. The summed E-state index contributed by atoms with van der Waals surface area (Å²) in [5, 5.41) is 20.3. The van der Waals surface area contributed by atoms with Crippen molar-refractivity contribution in [1.29, 1.82) is 0 Å². The molecule has 0 heterocycles. The van der Waals surface area contributed by atoms with Crippen LogP contribution in [0.1, 0.15) is 58.8 Å². The number of hydrogen-bond donors (Lipinski definition) is 2. The molecular formula is C19H29FO2. The third kappa shape index (κ3) is 1.84. The van der Waals surface area contributed by atoms with Gasteiger partial charge in [-0.25, -0.2) is 4.39 Å². The Morgan fingerprint density at radius 1 is 1.09 bits per heavy atom. The van der Waals surface area contributed by atoms with Crippen molar-refractivity contribution in [2.75, 3.05) is 0 Å². The fourth-order valence-electron chi connectivity index (χ4n) is 6.65. The van der Waals surface area contributed by atoms with Crippen molar-refractivity contribution < 1.29 is 14.6 Å². The smallest absolute Gasteiger partial charge is 0.127 e. The van der Waals surface area contributed by atoms with E-state index in [2.05, 4.69) is 19.9 Å². The molecule has 4 rings (SSSR count). The van der Waals surface area contributed by atoms with E-state index in [1.807, 2.05) is 0 Å². The van der Waals surface area contributed by atoms with Gasteiger partial charge in [-0.15, -0.1) is 0 Å². The van der Waals surface area contributed by atoms with Gasteiger partial charge < -0.3 is 10.2 Å². The second-order valence-corrected chi connectivity index (χ2v) is 8.87. The van der Waals surface area contributed by atoms with Crippen LogP contribution >= 0.6 is 0 Å². The molecule has 0 saturated heterocycles. The maximum absolute atomic E-state index is 14.2. The Balaban J connectivity index is 1.68. The van der Waals surface area contributed by atoms with Gasteiger partial charge in [0.1, 0.15) is 6.17 Å². The predicted octanol–water partition coefficient (Wildman–Crippen LogP) is 3.62. The van der Waals surface area contributed by atoms with Crippen LogP contribution in [0.2, 0.25) is 0 Å². The van der Waals surface area contributed by atoms with Gasteiger partial charge in [-0.2, -0.15) is 0 Å². The lowest BCUT2D eigenvalue weighted by molar-refractivity contribution is -0.0808. The fourth-order valence-corrected chi connectivity index (χ4v) is 6.65. The minimum absolute atomic E-state index is 0.197. The van der Waals surface area contributed by atoms with E-state index in [-0.39, 0.29) is 16.9 Å². The summed E-state index contributed by atoms with van der Waals surface area (Å²) >= 11 is 0. The van der Waals surface area contributed by atoms with Gasteiger partial charge in [0.15, 0.2) is 0 Å². The van der Waals surface area contributed by atoms with Crippen molar-refractivity contribution in [1.82, 2.24) is 0 Å². The van der Waals surface area contributed by atoms with Gasteiger partial charge in [-0.1, -0.05) is 25.5 Å². The first kappa shape index (κ1) is 15.1. The molecule has 0 aliphatic heterocycles. The molecule has 4 aliphatic carbocycles. The van der Waals surface area contributed by atoms with Crippen molar-refractivity contribution in [2.24, 2.45) is 28.6 Å². The molecule has 0 amide bonds. The average Bonchev–Trinajstić information content (AvgIpc) is 2.72. The summed E-state index contributed by atoms with van der Waals surface area (Å²) < 4.78 is 14.2. The first-order valence-corrected chi connectivity index (χ1v) is 9.07. The average molecular weight is 308 g/mol. The molecule has 0 radical (unpaired) electrons. The van der Waals surface area contributed by atoms with Gasteiger partial charge in [-0.3, -0.25) is 0 Å². The fraction of sp³-hybridized carbons (Fsp3) is 0.895. The van der Waals surface area contributed by atoms with Crippen molar-refractivity contribution >= 4 is 0 Å². The van der Waals surface area contributed by atoms with Crippen molar-refractivity contribution in [2.45, 2.75) is 77.2 Å². The Bertz CT molecular complexity index is 504. The summed E-state index contributed by atoms with van der Waals surface area (Å²) in [4.78, 5) is 0. The van der Waals surface area contributed by atoms with Crippen LogP contribution in [0, 0.1) is 28.6 Å². The standard InChI is InChI=1S/C19H29FO2/c1-18-7-5-12(21)9-11(18)3-4-13-14(18)6-8-19(2)15(13)10-16(20)17(19)22/h9,12-17,21-22H,3-8,10H2,1-2H3/t12-,13-,14+,15+,16-,17-,18+,19+/m1/s1. The van der Waals surface area contributed by atoms with Crippen LogP contribution in [0.5, 0.6) is 0 Å². The summed E-state index contributed by atoms with van der Waals surface area (Å²) in [5.41, 5.74) is 1.43. The maximum Gasteiger partial charge on any atom is 0.127 e. The van der Waals surface area contributed by atoms with Gasteiger partial charge >= 0.3 is 0 Å². The molecule has 2 N–H and O–H groups in total. The highest BCUT2D eigenvalue weighted by atomic mass is 19.1. The van der Waals surface area contributed by atoms with Gasteiger partial charge in [-0.05, 0) is 73.5 Å². The predicted molar refractivity (Wildman–Crippen MR) is 84.0 cm³/mol. The number of halogens is 1. The lowest BCUT2D eigenvalue weighted by Gasteiger charge is -2.58. The van der Waals surface area contributed by atoms with Crippen LogP contribution in [-0.4, -0.2) is 28.6 Å². The zero-order valence-corrected chi connectivity index (χ0v) is 13.8. The zero-order valence-electron chi connectivity index (χ0n) is 13.8. The van der Waals surface area contributed by atoms with E-state index in [9.17, 15) is 14.6 Å². The topological polar surface area (TPSA) is 40.5 Å². The van der Waals surface area contributed by atoms with E-state index in [0.717, 1.165) is 38.5 Å². The van der Waals surface area contributed by atoms with Crippen LogP contribution in [0.15, 0.2) is 11.6 Å². The number of aliphatic hydroxyl groups excluding tert-OH is 2. The van der Waals surface area contributed by atoms with Gasteiger partial charge in [0, 0.05) is 0 Å². The third-order valence-corrected chi connectivity index (χ3v) is 8.02. The molecule has 4 aliphatic rings. The SMILES string of the molecule is C[C@]12CC[C@H]3[C@@H](CCC4=C[C@H](O)CC[C@@]43C)[C@@H]1C[C@@H](F)[C@H]2O. The summed E-state index contributed by atoms with van der Waals surface area (Å²) in [7, 11) is 0. The second kappa shape index (κ2) is 4.80. The Kier molecular flexibility index (Phi) is 3.30. The van der Waals surface area contributed by atoms with Gasteiger partial charge in [0.25, 0.3) is 0 Å². The number of aliphatic hydroxyl groups is 2. The lowest BCUT2D eigenvalue weighted by atomic mass is 9.47. The number of fused-ring (bicyclic) bond motifs is 5. The molecule has 0 aromatic rings. The number of allylic oxidation sites excluding steroid dienone is 1. The molecule has 0 spiro atoms. The molecule has 0 bridgehead atoms. The number of hydrogen-bond acceptors (Lipinski definition) is 2. The van der Waals surface area contributed by atoms with Crippen LogP contribution in [0.3, 0.4) is 0 Å². The highest BCUT2D eigenvalue weighted by Gasteiger charge is 2.61. The molecule has 22 heavy (non-hydrogen) atoms. The second-order valence-electron chi connectivity index (χ2n) is 8.87. The Morgan fingerprint density at radius 2 is 1.86 bits per heavy atom.